The van der Waals surface area contributed by atoms with Crippen molar-refractivity contribution < 1.29 is 17.4 Å². The first kappa shape index (κ1) is 12.1. The van der Waals surface area contributed by atoms with Crippen molar-refractivity contribution >= 4 is 10.1 Å². The Balaban J connectivity index is 3.34. The lowest BCUT2D eigenvalue weighted by molar-refractivity contribution is 0.472. The lowest BCUT2D eigenvalue weighted by Gasteiger charge is -2.19. The van der Waals surface area contributed by atoms with E-state index in [0.29, 0.717) is 5.56 Å². The molecule has 0 fully saturated rings. The van der Waals surface area contributed by atoms with Crippen molar-refractivity contribution in [3.8, 4) is 0 Å². The van der Waals surface area contributed by atoms with Crippen LogP contribution in [-0.4, -0.2) is 13.0 Å². The molecular weight excluding hydrogens is 219 g/mol. The van der Waals surface area contributed by atoms with Gasteiger partial charge in [-0.05, 0) is 23.1 Å². The maximum absolute atomic E-state index is 13.3. The Bertz CT molecular complexity index is 472. The number of hydrogen-bond acceptors (Lipinski definition) is 2. The third-order valence-corrected chi connectivity index (χ3v) is 2.96. The number of hydrogen-bond donors (Lipinski definition) is 1. The summed E-state index contributed by atoms with van der Waals surface area (Å²) in [7, 11) is -4.47. The van der Waals surface area contributed by atoms with Gasteiger partial charge in [0.15, 0.2) is 0 Å². The Morgan fingerprint density at radius 1 is 1.27 bits per heavy atom. The number of halogens is 1. The van der Waals surface area contributed by atoms with E-state index in [1.54, 1.807) is 0 Å². The molecule has 1 N–H and O–H groups in total. The van der Waals surface area contributed by atoms with Gasteiger partial charge in [0.25, 0.3) is 10.1 Å². The van der Waals surface area contributed by atoms with Crippen LogP contribution in [-0.2, 0) is 15.5 Å². The first-order valence-electron chi connectivity index (χ1n) is 4.40. The van der Waals surface area contributed by atoms with E-state index >= 15 is 0 Å². The van der Waals surface area contributed by atoms with Crippen molar-refractivity contribution in [1.82, 2.24) is 0 Å². The van der Waals surface area contributed by atoms with Crippen LogP contribution in [0.5, 0.6) is 0 Å². The second-order valence-electron chi connectivity index (χ2n) is 4.37. The summed E-state index contributed by atoms with van der Waals surface area (Å²) in [5.41, 5.74) is 0.408. The van der Waals surface area contributed by atoms with Gasteiger partial charge in [-0.3, -0.25) is 4.55 Å². The molecule has 3 nitrogen and oxygen atoms in total. The van der Waals surface area contributed by atoms with Crippen molar-refractivity contribution in [3.63, 3.8) is 0 Å². The maximum atomic E-state index is 13.3. The van der Waals surface area contributed by atoms with Gasteiger partial charge in [0.2, 0.25) is 0 Å². The Morgan fingerprint density at radius 3 is 2.13 bits per heavy atom. The molecule has 15 heavy (non-hydrogen) atoms. The molecule has 0 aliphatic rings. The minimum atomic E-state index is -4.47. The molecule has 1 aromatic rings. The average molecular weight is 232 g/mol. The van der Waals surface area contributed by atoms with Crippen LogP contribution in [0.25, 0.3) is 0 Å². The smallest absolute Gasteiger partial charge is 0.282 e. The predicted octanol–water partition coefficient (Wildman–Crippen LogP) is 2.37. The molecular formula is C10H13FO3S. The van der Waals surface area contributed by atoms with E-state index in [0.717, 1.165) is 12.1 Å². The Hall–Kier alpha value is -0.940. The molecule has 0 unspecified atom stereocenters. The van der Waals surface area contributed by atoms with E-state index in [2.05, 4.69) is 0 Å². The van der Waals surface area contributed by atoms with Gasteiger partial charge in [-0.15, -0.1) is 0 Å². The van der Waals surface area contributed by atoms with Crippen molar-refractivity contribution in [2.45, 2.75) is 31.1 Å². The second-order valence-corrected chi connectivity index (χ2v) is 5.76. The highest BCUT2D eigenvalue weighted by atomic mass is 32.2. The van der Waals surface area contributed by atoms with Gasteiger partial charge in [-0.25, -0.2) is 4.39 Å². The Morgan fingerprint density at radius 2 is 1.80 bits per heavy atom. The van der Waals surface area contributed by atoms with Crippen molar-refractivity contribution in [3.05, 3.63) is 29.6 Å². The fourth-order valence-electron chi connectivity index (χ4n) is 1.18. The zero-order chi connectivity index (χ0) is 11.9. The highest BCUT2D eigenvalue weighted by molar-refractivity contribution is 7.85. The topological polar surface area (TPSA) is 54.4 Å². The number of rotatable bonds is 1. The molecule has 0 saturated heterocycles. The highest BCUT2D eigenvalue weighted by Gasteiger charge is 2.20. The normalized spacial score (nSPS) is 12.9. The molecule has 0 amide bonds. The zero-order valence-electron chi connectivity index (χ0n) is 8.78. The fraction of sp³-hybridized carbons (Fsp3) is 0.400. The molecule has 0 heterocycles. The molecule has 0 spiro atoms. The van der Waals surface area contributed by atoms with Gasteiger partial charge in [0.05, 0.1) is 0 Å². The molecule has 0 aliphatic heterocycles. The van der Waals surface area contributed by atoms with Crippen LogP contribution in [0.4, 0.5) is 4.39 Å². The van der Waals surface area contributed by atoms with E-state index < -0.39 is 20.8 Å². The molecule has 0 bridgehead atoms. The summed E-state index contributed by atoms with van der Waals surface area (Å²) >= 11 is 0. The second kappa shape index (κ2) is 3.57. The first-order valence-corrected chi connectivity index (χ1v) is 5.84. The van der Waals surface area contributed by atoms with Crippen LogP contribution < -0.4 is 0 Å². The van der Waals surface area contributed by atoms with Crippen LogP contribution in [0.1, 0.15) is 26.3 Å². The quantitative estimate of drug-likeness (QED) is 0.756. The van der Waals surface area contributed by atoms with Crippen molar-refractivity contribution in [1.29, 1.82) is 0 Å². The first-order chi connectivity index (χ1) is 6.62. The highest BCUT2D eigenvalue weighted by Crippen LogP contribution is 2.25. The van der Waals surface area contributed by atoms with Crippen molar-refractivity contribution in [2.75, 3.05) is 0 Å². The minimum Gasteiger partial charge on any atom is -0.282 e. The van der Waals surface area contributed by atoms with Gasteiger partial charge in [0, 0.05) is 0 Å². The average Bonchev–Trinajstić information content (AvgIpc) is 1.99. The monoisotopic (exact) mass is 232 g/mol. The molecule has 1 rings (SSSR count). The molecule has 0 aliphatic carbocycles. The van der Waals surface area contributed by atoms with Crippen LogP contribution >= 0.6 is 0 Å². The Kier molecular flexibility index (Phi) is 2.89. The standard InChI is InChI=1S/C10H13FO3S/c1-10(2,3)7-4-5-9(8(11)6-7)15(12,13)14/h4-6H,1-3H3,(H,12,13,14). The van der Waals surface area contributed by atoms with Gasteiger partial charge in [0.1, 0.15) is 10.7 Å². The fourth-order valence-corrected chi connectivity index (χ4v) is 1.72. The van der Waals surface area contributed by atoms with Crippen LogP contribution in [0.2, 0.25) is 0 Å². The minimum absolute atomic E-state index is 0.265. The summed E-state index contributed by atoms with van der Waals surface area (Å²) in [5, 5.41) is 0. The zero-order valence-corrected chi connectivity index (χ0v) is 9.60. The summed E-state index contributed by atoms with van der Waals surface area (Å²) < 4.78 is 43.5. The molecule has 0 aromatic heterocycles. The summed E-state index contributed by atoms with van der Waals surface area (Å²) in [5.74, 6) is -0.926. The van der Waals surface area contributed by atoms with Gasteiger partial charge in [-0.2, -0.15) is 8.42 Å². The molecule has 5 heteroatoms. The van der Waals surface area contributed by atoms with Gasteiger partial charge < -0.3 is 0 Å². The van der Waals surface area contributed by atoms with Gasteiger partial charge >= 0.3 is 0 Å². The largest absolute Gasteiger partial charge is 0.297 e. The van der Waals surface area contributed by atoms with E-state index in [1.165, 1.54) is 6.07 Å². The van der Waals surface area contributed by atoms with Crippen LogP contribution in [0, 0.1) is 5.82 Å². The summed E-state index contributed by atoms with van der Waals surface area (Å²) in [6, 6.07) is 3.69. The molecule has 0 atom stereocenters. The van der Waals surface area contributed by atoms with E-state index in [9.17, 15) is 12.8 Å². The van der Waals surface area contributed by atoms with E-state index in [-0.39, 0.29) is 5.41 Å². The molecule has 84 valence electrons. The van der Waals surface area contributed by atoms with E-state index in [1.807, 2.05) is 20.8 Å². The third kappa shape index (κ3) is 2.76. The SMILES string of the molecule is CC(C)(C)c1ccc(S(=O)(=O)O)c(F)c1. The maximum Gasteiger partial charge on any atom is 0.297 e. The summed E-state index contributed by atoms with van der Waals surface area (Å²) in [4.78, 5) is -0.685. The van der Waals surface area contributed by atoms with Crippen LogP contribution in [0.15, 0.2) is 23.1 Å². The summed E-state index contributed by atoms with van der Waals surface area (Å²) in [6.07, 6.45) is 0. The lowest BCUT2D eigenvalue weighted by atomic mass is 9.87. The predicted molar refractivity (Wildman–Crippen MR) is 54.9 cm³/mol. The lowest BCUT2D eigenvalue weighted by Crippen LogP contribution is -2.12. The third-order valence-electron chi connectivity index (χ3n) is 2.08. The van der Waals surface area contributed by atoms with Gasteiger partial charge in [-0.1, -0.05) is 26.8 Å². The molecule has 0 radical (unpaired) electrons. The van der Waals surface area contributed by atoms with E-state index in [4.69, 9.17) is 4.55 Å². The summed E-state index contributed by atoms with van der Waals surface area (Å²) in [6.45, 7) is 5.65. The van der Waals surface area contributed by atoms with Crippen LogP contribution in [0.3, 0.4) is 0 Å². The van der Waals surface area contributed by atoms with Crippen molar-refractivity contribution in [2.24, 2.45) is 0 Å². The Labute approximate surface area is 88.7 Å². The molecule has 1 aromatic carbocycles. The number of benzene rings is 1. The molecule has 0 saturated carbocycles.